The molecule has 1 aromatic rings. The molecule has 3 amide bonds. The van der Waals surface area contributed by atoms with E-state index in [-0.39, 0.29) is 24.1 Å². The van der Waals surface area contributed by atoms with E-state index in [4.69, 9.17) is 4.74 Å². The van der Waals surface area contributed by atoms with Crippen LogP contribution in [0.1, 0.15) is 45.1 Å². The number of rotatable bonds is 3. The van der Waals surface area contributed by atoms with Gasteiger partial charge in [-0.1, -0.05) is 12.8 Å². The van der Waals surface area contributed by atoms with Gasteiger partial charge in [0.2, 0.25) is 0 Å². The maximum absolute atomic E-state index is 12.7. The Hall–Kier alpha value is -2.55. The van der Waals surface area contributed by atoms with Gasteiger partial charge in [0.15, 0.2) is 0 Å². The zero-order valence-corrected chi connectivity index (χ0v) is 14.0. The second-order valence-corrected chi connectivity index (χ2v) is 6.47. The molecule has 0 aromatic heterocycles. The van der Waals surface area contributed by atoms with E-state index in [9.17, 15) is 14.9 Å². The lowest BCUT2D eigenvalue weighted by Gasteiger charge is -2.18. The van der Waals surface area contributed by atoms with Gasteiger partial charge in [0, 0.05) is 6.54 Å². The van der Waals surface area contributed by atoms with Crippen LogP contribution in [0.15, 0.2) is 18.2 Å². The molecule has 0 saturated carbocycles. The molecule has 0 spiro atoms. The monoisotopic (exact) mass is 327 g/mol. The molecule has 126 valence electrons. The van der Waals surface area contributed by atoms with E-state index in [0.29, 0.717) is 30.0 Å². The summed E-state index contributed by atoms with van der Waals surface area (Å²) in [4.78, 5) is 28.3. The van der Waals surface area contributed by atoms with Crippen molar-refractivity contribution in [3.63, 3.8) is 0 Å². The molecule has 2 aliphatic rings. The Morgan fingerprint density at radius 2 is 2.04 bits per heavy atom. The number of nitriles is 1. The molecule has 3 rings (SSSR count). The SMILES string of the molecule is CC(C)Oc1ccc(N2C(=O)C3CCCCCN3C2=O)cc1C#N. The Kier molecular flexibility index (Phi) is 4.43. The van der Waals surface area contributed by atoms with Crippen molar-refractivity contribution >= 4 is 17.6 Å². The van der Waals surface area contributed by atoms with Crippen molar-refractivity contribution < 1.29 is 14.3 Å². The lowest BCUT2D eigenvalue weighted by molar-refractivity contribution is -0.119. The lowest BCUT2D eigenvalue weighted by atomic mass is 10.1. The highest BCUT2D eigenvalue weighted by Crippen LogP contribution is 2.32. The van der Waals surface area contributed by atoms with Gasteiger partial charge in [0.25, 0.3) is 5.91 Å². The van der Waals surface area contributed by atoms with E-state index in [1.54, 1.807) is 23.1 Å². The fourth-order valence-corrected chi connectivity index (χ4v) is 3.30. The van der Waals surface area contributed by atoms with Crippen LogP contribution in [-0.2, 0) is 4.79 Å². The molecule has 6 nitrogen and oxygen atoms in total. The number of fused-ring (bicyclic) bond motifs is 1. The minimum Gasteiger partial charge on any atom is -0.490 e. The van der Waals surface area contributed by atoms with Gasteiger partial charge >= 0.3 is 6.03 Å². The molecule has 1 aromatic carbocycles. The Labute approximate surface area is 141 Å². The minimum atomic E-state index is -0.364. The highest BCUT2D eigenvalue weighted by molar-refractivity contribution is 6.21. The van der Waals surface area contributed by atoms with Crippen LogP contribution >= 0.6 is 0 Å². The number of anilines is 1. The van der Waals surface area contributed by atoms with E-state index < -0.39 is 0 Å². The summed E-state index contributed by atoms with van der Waals surface area (Å²) in [5, 5.41) is 9.35. The van der Waals surface area contributed by atoms with E-state index in [0.717, 1.165) is 19.3 Å². The third-order valence-corrected chi connectivity index (χ3v) is 4.40. The van der Waals surface area contributed by atoms with Crippen LogP contribution in [0.3, 0.4) is 0 Å². The summed E-state index contributed by atoms with van der Waals surface area (Å²) in [6.45, 7) is 4.37. The summed E-state index contributed by atoms with van der Waals surface area (Å²) < 4.78 is 5.60. The van der Waals surface area contributed by atoms with Gasteiger partial charge in [0.05, 0.1) is 17.4 Å². The maximum Gasteiger partial charge on any atom is 0.332 e. The number of amides is 3. The number of carbonyl (C=O) groups is 2. The first-order chi connectivity index (χ1) is 11.5. The Morgan fingerprint density at radius 3 is 2.75 bits per heavy atom. The molecule has 0 bridgehead atoms. The maximum atomic E-state index is 12.7. The molecule has 6 heteroatoms. The summed E-state index contributed by atoms with van der Waals surface area (Å²) in [5.74, 6) is 0.271. The van der Waals surface area contributed by atoms with Crippen LogP contribution in [0.2, 0.25) is 0 Å². The number of hydrogen-bond donors (Lipinski definition) is 0. The Balaban J connectivity index is 1.93. The van der Waals surface area contributed by atoms with Gasteiger partial charge in [-0.3, -0.25) is 4.79 Å². The average molecular weight is 327 g/mol. The standard InChI is InChI=1S/C18H21N3O3/c1-12(2)24-16-8-7-14(10-13(16)11-19)21-17(22)15-6-4-3-5-9-20(15)18(21)23/h7-8,10,12,15H,3-6,9H2,1-2H3. The fraction of sp³-hybridized carbons (Fsp3) is 0.500. The van der Waals surface area contributed by atoms with Crippen molar-refractivity contribution in [3.8, 4) is 11.8 Å². The van der Waals surface area contributed by atoms with Crippen molar-refractivity contribution in [3.05, 3.63) is 23.8 Å². The van der Waals surface area contributed by atoms with Gasteiger partial charge in [0.1, 0.15) is 17.9 Å². The number of ether oxygens (including phenoxy) is 1. The number of nitrogens with zero attached hydrogens (tertiary/aromatic N) is 3. The van der Waals surface area contributed by atoms with Crippen LogP contribution in [0.25, 0.3) is 0 Å². The van der Waals surface area contributed by atoms with E-state index >= 15 is 0 Å². The van der Waals surface area contributed by atoms with Gasteiger partial charge in [-0.2, -0.15) is 5.26 Å². The molecule has 2 saturated heterocycles. The molecule has 2 fully saturated rings. The highest BCUT2D eigenvalue weighted by Gasteiger charge is 2.45. The zero-order valence-electron chi connectivity index (χ0n) is 14.0. The third-order valence-electron chi connectivity index (χ3n) is 4.40. The van der Waals surface area contributed by atoms with Gasteiger partial charge in [-0.05, 0) is 44.9 Å². The van der Waals surface area contributed by atoms with Crippen LogP contribution in [0, 0.1) is 11.3 Å². The zero-order chi connectivity index (χ0) is 17.3. The normalized spacial score (nSPS) is 20.8. The molecule has 0 radical (unpaired) electrons. The summed E-state index contributed by atoms with van der Waals surface area (Å²) in [6.07, 6.45) is 3.58. The van der Waals surface area contributed by atoms with Crippen LogP contribution in [-0.4, -0.2) is 35.5 Å². The van der Waals surface area contributed by atoms with Crippen molar-refractivity contribution in [2.45, 2.75) is 51.7 Å². The van der Waals surface area contributed by atoms with Crippen molar-refractivity contribution in [2.24, 2.45) is 0 Å². The molecular formula is C18H21N3O3. The largest absolute Gasteiger partial charge is 0.490 e. The Bertz CT molecular complexity index is 684. The highest BCUT2D eigenvalue weighted by atomic mass is 16.5. The molecule has 0 aliphatic carbocycles. The van der Waals surface area contributed by atoms with Crippen LogP contribution < -0.4 is 9.64 Å². The topological polar surface area (TPSA) is 73.6 Å². The summed E-state index contributed by atoms with van der Waals surface area (Å²) in [5.41, 5.74) is 0.759. The number of urea groups is 1. The van der Waals surface area contributed by atoms with Crippen molar-refractivity contribution in [1.29, 1.82) is 5.26 Å². The molecule has 0 N–H and O–H groups in total. The average Bonchev–Trinajstić information content (AvgIpc) is 2.74. The van der Waals surface area contributed by atoms with E-state index in [2.05, 4.69) is 6.07 Å². The quantitative estimate of drug-likeness (QED) is 0.800. The van der Waals surface area contributed by atoms with Crippen molar-refractivity contribution in [2.75, 3.05) is 11.4 Å². The van der Waals surface area contributed by atoms with E-state index in [1.807, 2.05) is 13.8 Å². The van der Waals surface area contributed by atoms with Gasteiger partial charge < -0.3 is 9.64 Å². The summed E-state index contributed by atoms with van der Waals surface area (Å²) in [6, 6.07) is 6.31. The predicted molar refractivity (Wildman–Crippen MR) is 88.8 cm³/mol. The molecule has 2 aliphatic heterocycles. The lowest BCUT2D eigenvalue weighted by Crippen LogP contribution is -2.34. The van der Waals surface area contributed by atoms with Crippen molar-refractivity contribution in [1.82, 2.24) is 4.90 Å². The number of hydrogen-bond acceptors (Lipinski definition) is 4. The summed E-state index contributed by atoms with van der Waals surface area (Å²) >= 11 is 0. The minimum absolute atomic E-state index is 0.0595. The molecule has 1 unspecified atom stereocenters. The number of carbonyl (C=O) groups excluding carboxylic acids is 2. The van der Waals surface area contributed by atoms with Gasteiger partial charge in [-0.25, -0.2) is 9.69 Å². The molecule has 2 heterocycles. The Morgan fingerprint density at radius 1 is 1.25 bits per heavy atom. The molecule has 1 atom stereocenters. The smallest absolute Gasteiger partial charge is 0.332 e. The van der Waals surface area contributed by atoms with Crippen LogP contribution in [0.5, 0.6) is 5.75 Å². The molecular weight excluding hydrogens is 306 g/mol. The second kappa shape index (κ2) is 6.52. The van der Waals surface area contributed by atoms with Crippen LogP contribution in [0.4, 0.5) is 10.5 Å². The second-order valence-electron chi connectivity index (χ2n) is 6.47. The first kappa shape index (κ1) is 16.3. The third kappa shape index (κ3) is 2.82. The fourth-order valence-electron chi connectivity index (χ4n) is 3.30. The number of benzene rings is 1. The first-order valence-electron chi connectivity index (χ1n) is 8.38. The van der Waals surface area contributed by atoms with Gasteiger partial charge in [-0.15, -0.1) is 0 Å². The molecule has 24 heavy (non-hydrogen) atoms. The van der Waals surface area contributed by atoms with E-state index in [1.165, 1.54) is 4.90 Å². The predicted octanol–water partition coefficient (Wildman–Crippen LogP) is 3.06. The first-order valence-corrected chi connectivity index (χ1v) is 8.38. The summed E-state index contributed by atoms with van der Waals surface area (Å²) in [7, 11) is 0. The number of imide groups is 1.